The third-order valence-electron chi connectivity index (χ3n) is 3.41. The summed E-state index contributed by atoms with van der Waals surface area (Å²) in [5, 5.41) is 0.505. The normalized spacial score (nSPS) is 11.5. The van der Waals surface area contributed by atoms with Gasteiger partial charge in [-0.15, -0.1) is 0 Å². The number of aromatic amines is 1. The van der Waals surface area contributed by atoms with Crippen molar-refractivity contribution < 1.29 is 0 Å². The Morgan fingerprint density at radius 1 is 1.26 bits per heavy atom. The molecule has 0 saturated heterocycles. The zero-order valence-corrected chi connectivity index (χ0v) is 11.0. The number of imidazole rings is 1. The van der Waals surface area contributed by atoms with Crippen LogP contribution in [0, 0.1) is 6.92 Å². The molecule has 1 N–H and O–H groups in total. The van der Waals surface area contributed by atoms with Crippen LogP contribution in [0.2, 0.25) is 0 Å². The van der Waals surface area contributed by atoms with Gasteiger partial charge in [-0.25, -0.2) is 9.78 Å². The van der Waals surface area contributed by atoms with Crippen LogP contribution < -0.4 is 11.2 Å². The maximum atomic E-state index is 12.1. The lowest BCUT2D eigenvalue weighted by molar-refractivity contribution is 0.712. The number of aromatic nitrogens is 4. The number of benzene rings is 1. The number of nitrogens with one attached hydrogen (secondary N) is 1. The smallest absolute Gasteiger partial charge is 0.310 e. The van der Waals surface area contributed by atoms with Gasteiger partial charge in [0.1, 0.15) is 5.82 Å². The highest BCUT2D eigenvalue weighted by atomic mass is 16.1. The third-order valence-corrected chi connectivity index (χ3v) is 3.41. The molecule has 0 aliphatic heterocycles. The van der Waals surface area contributed by atoms with Crippen molar-refractivity contribution in [1.29, 1.82) is 0 Å². The van der Waals surface area contributed by atoms with Gasteiger partial charge in [0.05, 0.1) is 21.9 Å². The monoisotopic (exact) mass is 258 g/mol. The summed E-state index contributed by atoms with van der Waals surface area (Å²) in [5.74, 6) is 0.566. The van der Waals surface area contributed by atoms with Crippen LogP contribution in [0.1, 0.15) is 12.7 Å². The van der Waals surface area contributed by atoms with Gasteiger partial charge >= 0.3 is 5.69 Å². The van der Waals surface area contributed by atoms with E-state index in [1.165, 1.54) is 0 Å². The lowest BCUT2D eigenvalue weighted by atomic mass is 10.2. The third kappa shape index (κ3) is 1.53. The quantitative estimate of drug-likeness (QED) is 0.705. The van der Waals surface area contributed by atoms with E-state index in [0.717, 1.165) is 11.0 Å². The number of hydrogen-bond donors (Lipinski definition) is 1. The Hall–Kier alpha value is -2.37. The van der Waals surface area contributed by atoms with Crippen molar-refractivity contribution in [1.82, 2.24) is 19.1 Å². The minimum Gasteiger partial charge on any atom is -0.310 e. The number of fused-ring (bicyclic) bond motifs is 2. The van der Waals surface area contributed by atoms with Crippen molar-refractivity contribution in [2.75, 3.05) is 0 Å². The molecule has 98 valence electrons. The Kier molecular flexibility index (Phi) is 2.35. The van der Waals surface area contributed by atoms with Gasteiger partial charge in [-0.2, -0.15) is 0 Å². The molecule has 0 unspecified atom stereocenters. The maximum Gasteiger partial charge on any atom is 0.328 e. The van der Waals surface area contributed by atoms with E-state index in [1.807, 2.05) is 6.92 Å². The summed E-state index contributed by atoms with van der Waals surface area (Å²) in [6.45, 7) is 4.21. The average molecular weight is 258 g/mol. The highest BCUT2D eigenvalue weighted by molar-refractivity contribution is 5.93. The average Bonchev–Trinajstić information content (AvgIpc) is 2.60. The molecule has 19 heavy (non-hydrogen) atoms. The van der Waals surface area contributed by atoms with Gasteiger partial charge in [0.2, 0.25) is 0 Å². The van der Waals surface area contributed by atoms with Crippen molar-refractivity contribution in [3.05, 3.63) is 38.8 Å². The molecule has 0 spiro atoms. The van der Waals surface area contributed by atoms with Crippen LogP contribution >= 0.6 is 0 Å². The molecule has 2 heterocycles. The van der Waals surface area contributed by atoms with Gasteiger partial charge in [0.15, 0.2) is 0 Å². The Morgan fingerprint density at radius 3 is 2.68 bits per heavy atom. The first-order chi connectivity index (χ1) is 9.02. The van der Waals surface area contributed by atoms with E-state index >= 15 is 0 Å². The molecule has 0 aliphatic rings. The Balaban J connectivity index is 2.60. The molecular weight excluding hydrogens is 244 g/mol. The van der Waals surface area contributed by atoms with Crippen LogP contribution in [0.15, 0.2) is 21.7 Å². The fourth-order valence-electron chi connectivity index (χ4n) is 2.46. The molecule has 0 saturated carbocycles. The minimum atomic E-state index is -0.177. The largest absolute Gasteiger partial charge is 0.328 e. The van der Waals surface area contributed by atoms with E-state index < -0.39 is 0 Å². The van der Waals surface area contributed by atoms with Crippen LogP contribution in [0.4, 0.5) is 0 Å². The predicted octanol–water partition coefficient (Wildman–Crippen LogP) is 0.905. The highest BCUT2D eigenvalue weighted by Gasteiger charge is 2.12. The number of H-pyrrole nitrogens is 1. The molecule has 6 heteroatoms. The fraction of sp³-hybridized carbons (Fsp3) is 0.308. The first-order valence-electron chi connectivity index (χ1n) is 6.13. The SMILES string of the molecule is CCn1c(=O)n(C)c2cc3nc(C)[nH]c(=O)c3cc21. The van der Waals surface area contributed by atoms with E-state index in [9.17, 15) is 9.59 Å². The Bertz CT molecular complexity index is 914. The van der Waals surface area contributed by atoms with Crippen LogP contribution in [-0.2, 0) is 13.6 Å². The summed E-state index contributed by atoms with van der Waals surface area (Å²) in [6.07, 6.45) is 0. The van der Waals surface area contributed by atoms with Crippen LogP contribution in [-0.4, -0.2) is 19.1 Å². The van der Waals surface area contributed by atoms with Crippen molar-refractivity contribution >= 4 is 21.9 Å². The van der Waals surface area contributed by atoms with Crippen molar-refractivity contribution in [3.8, 4) is 0 Å². The molecule has 0 radical (unpaired) electrons. The van der Waals surface area contributed by atoms with Gasteiger partial charge < -0.3 is 4.98 Å². The molecule has 0 aliphatic carbocycles. The lowest BCUT2D eigenvalue weighted by Crippen LogP contribution is -2.21. The van der Waals surface area contributed by atoms with Gasteiger partial charge in [-0.1, -0.05) is 0 Å². The number of aryl methyl sites for hydroxylation is 3. The van der Waals surface area contributed by atoms with Crippen LogP contribution in [0.5, 0.6) is 0 Å². The topological polar surface area (TPSA) is 72.7 Å². The van der Waals surface area contributed by atoms with Crippen molar-refractivity contribution in [2.24, 2.45) is 7.05 Å². The van der Waals surface area contributed by atoms with Gasteiger partial charge in [0.25, 0.3) is 5.56 Å². The fourth-order valence-corrected chi connectivity index (χ4v) is 2.46. The number of rotatable bonds is 1. The van der Waals surface area contributed by atoms with Gasteiger partial charge in [0, 0.05) is 13.6 Å². The first kappa shape index (κ1) is 11.7. The zero-order chi connectivity index (χ0) is 13.7. The molecule has 1 aromatic carbocycles. The highest BCUT2D eigenvalue weighted by Crippen LogP contribution is 2.18. The zero-order valence-electron chi connectivity index (χ0n) is 11.0. The van der Waals surface area contributed by atoms with Crippen LogP contribution in [0.3, 0.4) is 0 Å². The summed E-state index contributed by atoms with van der Waals surface area (Å²) in [5.41, 5.74) is 1.90. The van der Waals surface area contributed by atoms with E-state index in [1.54, 1.807) is 35.2 Å². The second-order valence-electron chi connectivity index (χ2n) is 4.60. The van der Waals surface area contributed by atoms with E-state index in [2.05, 4.69) is 9.97 Å². The summed E-state index contributed by atoms with van der Waals surface area (Å²) in [4.78, 5) is 31.0. The summed E-state index contributed by atoms with van der Waals surface area (Å²) in [6, 6.07) is 3.53. The molecule has 6 nitrogen and oxygen atoms in total. The second-order valence-corrected chi connectivity index (χ2v) is 4.60. The minimum absolute atomic E-state index is 0.0824. The second kappa shape index (κ2) is 3.81. The molecule has 0 fully saturated rings. The molecule has 3 aromatic rings. The van der Waals surface area contributed by atoms with E-state index in [4.69, 9.17) is 0 Å². The predicted molar refractivity (Wildman–Crippen MR) is 73.5 cm³/mol. The van der Waals surface area contributed by atoms with E-state index in [-0.39, 0.29) is 11.2 Å². The van der Waals surface area contributed by atoms with Crippen LogP contribution in [0.25, 0.3) is 21.9 Å². The van der Waals surface area contributed by atoms with Gasteiger partial charge in [-0.3, -0.25) is 13.9 Å². The Morgan fingerprint density at radius 2 is 2.00 bits per heavy atom. The summed E-state index contributed by atoms with van der Waals surface area (Å²) >= 11 is 0. The number of nitrogens with zero attached hydrogens (tertiary/aromatic N) is 3. The number of hydrogen-bond acceptors (Lipinski definition) is 3. The standard InChI is InChI=1S/C13H14N4O2/c1-4-17-11-5-8-9(14-7(2)15-12(8)18)6-10(11)16(3)13(17)19/h5-6H,4H2,1-3H3,(H,14,15,18). The molecule has 0 atom stereocenters. The molecule has 3 rings (SSSR count). The first-order valence-corrected chi connectivity index (χ1v) is 6.13. The summed E-state index contributed by atoms with van der Waals surface area (Å²) in [7, 11) is 1.72. The van der Waals surface area contributed by atoms with Gasteiger partial charge in [-0.05, 0) is 26.0 Å². The maximum absolute atomic E-state index is 12.1. The van der Waals surface area contributed by atoms with Crippen molar-refractivity contribution in [2.45, 2.75) is 20.4 Å². The summed E-state index contributed by atoms with van der Waals surface area (Å²) < 4.78 is 3.23. The Labute approximate surface area is 108 Å². The van der Waals surface area contributed by atoms with Crippen molar-refractivity contribution in [3.63, 3.8) is 0 Å². The molecule has 2 aromatic heterocycles. The molecule has 0 amide bonds. The molecular formula is C13H14N4O2. The molecule has 0 bridgehead atoms. The lowest BCUT2D eigenvalue weighted by Gasteiger charge is -2.01. The van der Waals surface area contributed by atoms with E-state index in [0.29, 0.717) is 23.3 Å².